The first kappa shape index (κ1) is 18.4. The summed E-state index contributed by atoms with van der Waals surface area (Å²) in [7, 11) is 0. The molecule has 4 nitrogen and oxygen atoms in total. The summed E-state index contributed by atoms with van der Waals surface area (Å²) in [5, 5.41) is 9.12. The van der Waals surface area contributed by atoms with Gasteiger partial charge in [-0.3, -0.25) is 9.59 Å². The van der Waals surface area contributed by atoms with Crippen LogP contribution in [-0.2, 0) is 0 Å². The summed E-state index contributed by atoms with van der Waals surface area (Å²) in [6.07, 6.45) is 1.40. The topological polar surface area (TPSA) is 63.6 Å². The Balaban J connectivity index is 0.000000224. The highest BCUT2D eigenvalue weighted by Gasteiger charge is 2.05. The molecule has 2 rings (SSSR count). The fourth-order valence-electron chi connectivity index (χ4n) is 1.54. The Hall–Kier alpha value is -1.66. The van der Waals surface area contributed by atoms with Crippen molar-refractivity contribution in [2.75, 3.05) is 6.61 Å². The second-order valence-corrected chi connectivity index (χ2v) is 5.71. The molecule has 0 fully saturated rings. The van der Waals surface area contributed by atoms with E-state index in [1.165, 1.54) is 0 Å². The lowest BCUT2D eigenvalue weighted by atomic mass is 10.2. The third-order valence-corrected chi connectivity index (χ3v) is 3.82. The molecule has 0 aliphatic rings. The molecule has 0 heterocycles. The van der Waals surface area contributed by atoms with Gasteiger partial charge in [0.1, 0.15) is 11.5 Å². The van der Waals surface area contributed by atoms with Crippen LogP contribution in [0.15, 0.2) is 45.3 Å². The summed E-state index contributed by atoms with van der Waals surface area (Å²) in [4.78, 5) is 20.8. The molecule has 0 aliphatic heterocycles. The minimum absolute atomic E-state index is 0.00231. The van der Waals surface area contributed by atoms with Gasteiger partial charge in [-0.15, -0.1) is 0 Å². The quantitative estimate of drug-likeness (QED) is 0.719. The van der Waals surface area contributed by atoms with Crippen LogP contribution in [0, 0.1) is 0 Å². The van der Waals surface area contributed by atoms with Crippen LogP contribution in [0.4, 0.5) is 0 Å². The second kappa shape index (κ2) is 9.38. The first-order valence-electron chi connectivity index (χ1n) is 6.34. The molecule has 2 aromatic rings. The van der Waals surface area contributed by atoms with Crippen LogP contribution in [0.1, 0.15) is 27.6 Å². The van der Waals surface area contributed by atoms with Gasteiger partial charge in [0.25, 0.3) is 0 Å². The van der Waals surface area contributed by atoms with E-state index in [1.807, 2.05) is 13.0 Å². The predicted molar refractivity (Wildman–Crippen MR) is 91.9 cm³/mol. The third-order valence-electron chi connectivity index (χ3n) is 2.56. The number of halogens is 2. The molecule has 0 bridgehead atoms. The van der Waals surface area contributed by atoms with E-state index in [0.29, 0.717) is 34.2 Å². The lowest BCUT2D eigenvalue weighted by molar-refractivity contribution is 0.111. The van der Waals surface area contributed by atoms with Gasteiger partial charge in [0.05, 0.1) is 26.7 Å². The Kier molecular flexibility index (Phi) is 7.84. The van der Waals surface area contributed by atoms with Crippen LogP contribution in [0.2, 0.25) is 0 Å². The zero-order chi connectivity index (χ0) is 16.5. The summed E-state index contributed by atoms with van der Waals surface area (Å²) >= 11 is 6.38. The van der Waals surface area contributed by atoms with E-state index in [2.05, 4.69) is 31.9 Å². The van der Waals surface area contributed by atoms with Gasteiger partial charge in [-0.25, -0.2) is 0 Å². The smallest absolute Gasteiger partial charge is 0.153 e. The van der Waals surface area contributed by atoms with Gasteiger partial charge in [0, 0.05) is 0 Å². The van der Waals surface area contributed by atoms with E-state index in [9.17, 15) is 9.59 Å². The Morgan fingerprint density at radius 3 is 2.05 bits per heavy atom. The van der Waals surface area contributed by atoms with E-state index in [-0.39, 0.29) is 5.75 Å². The lowest BCUT2D eigenvalue weighted by Crippen LogP contribution is -1.96. The van der Waals surface area contributed by atoms with E-state index in [4.69, 9.17) is 9.84 Å². The highest BCUT2D eigenvalue weighted by Crippen LogP contribution is 2.27. The van der Waals surface area contributed by atoms with Crippen LogP contribution >= 0.6 is 31.9 Å². The molecule has 0 saturated carbocycles. The minimum Gasteiger partial charge on any atom is -0.506 e. The summed E-state index contributed by atoms with van der Waals surface area (Å²) in [5.74, 6) is 0.618. The predicted octanol–water partition coefficient (Wildman–Crippen LogP) is 4.63. The van der Waals surface area contributed by atoms with Crippen molar-refractivity contribution in [3.63, 3.8) is 0 Å². The zero-order valence-corrected chi connectivity index (χ0v) is 14.9. The Morgan fingerprint density at radius 1 is 1.00 bits per heavy atom. The van der Waals surface area contributed by atoms with Crippen molar-refractivity contribution < 1.29 is 19.4 Å². The van der Waals surface area contributed by atoms with Crippen LogP contribution < -0.4 is 4.74 Å². The van der Waals surface area contributed by atoms with Gasteiger partial charge in [-0.1, -0.05) is 12.1 Å². The molecular formula is C16H14Br2O4. The number of hydrogen-bond acceptors (Lipinski definition) is 4. The molecular weight excluding hydrogens is 416 g/mol. The van der Waals surface area contributed by atoms with Crippen LogP contribution in [0.3, 0.4) is 0 Å². The van der Waals surface area contributed by atoms with Gasteiger partial charge in [0.15, 0.2) is 12.6 Å². The maximum absolute atomic E-state index is 10.6. The molecule has 0 saturated heterocycles. The molecule has 0 radical (unpaired) electrons. The largest absolute Gasteiger partial charge is 0.506 e. The van der Waals surface area contributed by atoms with Crippen molar-refractivity contribution in [3.8, 4) is 11.5 Å². The summed E-state index contributed by atoms with van der Waals surface area (Å²) in [5.41, 5.74) is 0.876. The molecule has 6 heteroatoms. The van der Waals surface area contributed by atoms with Crippen LogP contribution in [-0.4, -0.2) is 24.3 Å². The Bertz CT molecular complexity index is 657. The van der Waals surface area contributed by atoms with Gasteiger partial charge in [-0.2, -0.15) is 0 Å². The highest BCUT2D eigenvalue weighted by molar-refractivity contribution is 9.10. The van der Waals surface area contributed by atoms with Crippen LogP contribution in [0.25, 0.3) is 0 Å². The second-order valence-electron chi connectivity index (χ2n) is 4.00. The summed E-state index contributed by atoms with van der Waals surface area (Å²) < 4.78 is 6.63. The molecule has 0 amide bonds. The average molecular weight is 430 g/mol. The number of para-hydroxylation sites is 2. The molecule has 0 atom stereocenters. The number of aromatic hydroxyl groups is 1. The maximum atomic E-state index is 10.6. The fourth-order valence-corrected chi connectivity index (χ4v) is 2.42. The molecule has 0 spiro atoms. The third kappa shape index (κ3) is 4.96. The van der Waals surface area contributed by atoms with Crippen LogP contribution in [0.5, 0.6) is 11.5 Å². The van der Waals surface area contributed by atoms with Crippen molar-refractivity contribution in [3.05, 3.63) is 56.5 Å². The zero-order valence-electron chi connectivity index (χ0n) is 11.8. The number of rotatable bonds is 4. The van der Waals surface area contributed by atoms with E-state index < -0.39 is 0 Å². The standard InChI is InChI=1S/C9H9BrO2.C7H5BrO2/c1-2-12-9-7(6-11)4-3-5-8(9)10;8-6-3-1-2-5(4-9)7(6)10/h3-6H,2H2,1H3;1-4,10H. The molecule has 2 aromatic carbocycles. The van der Waals surface area contributed by atoms with Gasteiger partial charge >= 0.3 is 0 Å². The molecule has 0 aromatic heterocycles. The normalized spacial score (nSPS) is 9.41. The fraction of sp³-hybridized carbons (Fsp3) is 0.125. The summed E-state index contributed by atoms with van der Waals surface area (Å²) in [6, 6.07) is 10.3. The number of benzene rings is 2. The van der Waals surface area contributed by atoms with Crippen molar-refractivity contribution >= 4 is 44.4 Å². The molecule has 116 valence electrons. The lowest BCUT2D eigenvalue weighted by Gasteiger charge is -2.07. The molecule has 22 heavy (non-hydrogen) atoms. The first-order valence-corrected chi connectivity index (χ1v) is 7.92. The number of phenols is 1. The van der Waals surface area contributed by atoms with Gasteiger partial charge in [0.2, 0.25) is 0 Å². The SMILES string of the molecule is CCOc1c(Br)cccc1C=O.O=Cc1cccc(Br)c1O. The first-order chi connectivity index (χ1) is 10.5. The number of carbonyl (C=O) groups is 2. The monoisotopic (exact) mass is 428 g/mol. The van der Waals surface area contributed by atoms with E-state index >= 15 is 0 Å². The molecule has 0 aliphatic carbocycles. The number of carbonyl (C=O) groups excluding carboxylic acids is 2. The van der Waals surface area contributed by atoms with Crippen molar-refractivity contribution in [1.82, 2.24) is 0 Å². The van der Waals surface area contributed by atoms with Gasteiger partial charge < -0.3 is 9.84 Å². The van der Waals surface area contributed by atoms with E-state index in [1.54, 1.807) is 30.3 Å². The van der Waals surface area contributed by atoms with Crippen molar-refractivity contribution in [2.45, 2.75) is 6.92 Å². The highest BCUT2D eigenvalue weighted by atomic mass is 79.9. The number of aldehydes is 2. The van der Waals surface area contributed by atoms with Crippen molar-refractivity contribution in [2.24, 2.45) is 0 Å². The maximum Gasteiger partial charge on any atom is 0.153 e. The number of ether oxygens (including phenoxy) is 1. The number of phenolic OH excluding ortho intramolecular Hbond substituents is 1. The average Bonchev–Trinajstić information content (AvgIpc) is 2.53. The Morgan fingerprint density at radius 2 is 1.55 bits per heavy atom. The van der Waals surface area contributed by atoms with E-state index in [0.717, 1.165) is 10.8 Å². The summed E-state index contributed by atoms with van der Waals surface area (Å²) in [6.45, 7) is 2.44. The molecule has 0 unspecified atom stereocenters. The van der Waals surface area contributed by atoms with Crippen molar-refractivity contribution in [1.29, 1.82) is 0 Å². The Labute approximate surface area is 145 Å². The van der Waals surface area contributed by atoms with Gasteiger partial charge in [-0.05, 0) is 63.0 Å². The minimum atomic E-state index is -0.00231. The number of hydrogen-bond donors (Lipinski definition) is 1. The molecule has 1 N–H and O–H groups in total.